The molecule has 1 amide bonds. The van der Waals surface area contributed by atoms with E-state index in [4.69, 9.17) is 0 Å². The van der Waals surface area contributed by atoms with Crippen molar-refractivity contribution in [1.82, 2.24) is 15.2 Å². The van der Waals surface area contributed by atoms with Crippen molar-refractivity contribution >= 4 is 11.7 Å². The van der Waals surface area contributed by atoms with Crippen molar-refractivity contribution in [3.63, 3.8) is 0 Å². The van der Waals surface area contributed by atoms with Crippen molar-refractivity contribution in [2.45, 2.75) is 19.3 Å². The first kappa shape index (κ1) is 13.8. The smallest absolute Gasteiger partial charge is 0.269 e. The van der Waals surface area contributed by atoms with Crippen LogP contribution in [0.1, 0.15) is 29.8 Å². The lowest BCUT2D eigenvalue weighted by atomic mass is 10.3. The van der Waals surface area contributed by atoms with E-state index in [1.54, 1.807) is 13.1 Å². The maximum Gasteiger partial charge on any atom is 0.269 e. The van der Waals surface area contributed by atoms with Crippen molar-refractivity contribution in [2.75, 3.05) is 38.5 Å². The van der Waals surface area contributed by atoms with Crippen LogP contribution in [0, 0.1) is 0 Å². The first-order chi connectivity index (χ1) is 9.29. The molecule has 1 aromatic rings. The number of nitrogens with one attached hydrogen (secondary N) is 2. The highest BCUT2D eigenvalue weighted by atomic mass is 16.1. The lowest BCUT2D eigenvalue weighted by molar-refractivity contribution is 0.0947. The minimum atomic E-state index is -0.0986. The molecule has 1 saturated heterocycles. The van der Waals surface area contributed by atoms with Crippen LogP contribution in [-0.2, 0) is 0 Å². The second-order valence-corrected chi connectivity index (χ2v) is 4.82. The van der Waals surface area contributed by atoms with Crippen LogP contribution >= 0.6 is 0 Å². The van der Waals surface area contributed by atoms with Crippen LogP contribution < -0.4 is 10.6 Å². The molecule has 0 saturated carbocycles. The number of carbonyl (C=O) groups excluding carboxylic acids is 1. The van der Waals surface area contributed by atoms with Crippen molar-refractivity contribution in [2.24, 2.45) is 0 Å². The van der Waals surface area contributed by atoms with Crippen molar-refractivity contribution in [3.05, 3.63) is 23.9 Å². The Bertz CT molecular complexity index is 416. The second-order valence-electron chi connectivity index (χ2n) is 4.82. The quantitative estimate of drug-likeness (QED) is 0.760. The molecule has 1 aliphatic heterocycles. The van der Waals surface area contributed by atoms with Crippen LogP contribution in [0.3, 0.4) is 0 Å². The zero-order chi connectivity index (χ0) is 13.5. The Hall–Kier alpha value is -1.62. The number of hydrogen-bond acceptors (Lipinski definition) is 4. The molecule has 5 heteroatoms. The van der Waals surface area contributed by atoms with Crippen LogP contribution in [0.15, 0.2) is 18.2 Å². The average molecular weight is 262 g/mol. The summed E-state index contributed by atoms with van der Waals surface area (Å²) in [4.78, 5) is 18.6. The molecule has 0 aromatic carbocycles. The van der Waals surface area contributed by atoms with Crippen LogP contribution in [0.4, 0.5) is 5.82 Å². The van der Waals surface area contributed by atoms with Crippen molar-refractivity contribution in [1.29, 1.82) is 0 Å². The third kappa shape index (κ3) is 4.21. The predicted molar refractivity (Wildman–Crippen MR) is 76.4 cm³/mol. The summed E-state index contributed by atoms with van der Waals surface area (Å²) in [5.41, 5.74) is 0.466. The van der Waals surface area contributed by atoms with Crippen molar-refractivity contribution in [3.8, 4) is 0 Å². The number of nitrogens with zero attached hydrogens (tertiary/aromatic N) is 2. The second kappa shape index (κ2) is 7.09. The normalized spacial score (nSPS) is 15.4. The van der Waals surface area contributed by atoms with E-state index in [0.29, 0.717) is 18.1 Å². The lowest BCUT2D eigenvalue weighted by Gasteiger charge is -2.14. The van der Waals surface area contributed by atoms with Gasteiger partial charge in [-0.25, -0.2) is 4.98 Å². The van der Waals surface area contributed by atoms with Crippen LogP contribution in [0.2, 0.25) is 0 Å². The summed E-state index contributed by atoms with van der Waals surface area (Å²) in [6.07, 6.45) is 3.62. The Balaban J connectivity index is 1.71. The van der Waals surface area contributed by atoms with E-state index in [1.165, 1.54) is 25.9 Å². The first-order valence-corrected chi connectivity index (χ1v) is 6.95. The Labute approximate surface area is 114 Å². The van der Waals surface area contributed by atoms with E-state index >= 15 is 0 Å². The zero-order valence-corrected chi connectivity index (χ0v) is 11.5. The van der Waals surface area contributed by atoms with Gasteiger partial charge in [-0.15, -0.1) is 0 Å². The fraction of sp³-hybridized carbons (Fsp3) is 0.571. The largest absolute Gasteiger partial charge is 0.373 e. The summed E-state index contributed by atoms with van der Waals surface area (Å²) in [5.74, 6) is 0.614. The summed E-state index contributed by atoms with van der Waals surface area (Å²) in [5, 5.41) is 5.85. The summed E-state index contributed by atoms with van der Waals surface area (Å²) in [6.45, 7) is 4.20. The van der Waals surface area contributed by atoms with Gasteiger partial charge >= 0.3 is 0 Å². The molecule has 1 fully saturated rings. The Morgan fingerprint density at radius 1 is 1.37 bits per heavy atom. The van der Waals surface area contributed by atoms with E-state index in [9.17, 15) is 4.79 Å². The molecule has 0 bridgehead atoms. The van der Waals surface area contributed by atoms with Gasteiger partial charge in [-0.3, -0.25) is 4.79 Å². The molecule has 0 aliphatic carbocycles. The van der Waals surface area contributed by atoms with Gasteiger partial charge in [0.2, 0.25) is 0 Å². The maximum absolute atomic E-state index is 11.9. The molecule has 5 nitrogen and oxygen atoms in total. The van der Waals surface area contributed by atoms with Crippen LogP contribution in [-0.4, -0.2) is 49.0 Å². The number of likely N-dealkylation sites (tertiary alicyclic amines) is 1. The topological polar surface area (TPSA) is 57.3 Å². The summed E-state index contributed by atoms with van der Waals surface area (Å²) < 4.78 is 0. The Morgan fingerprint density at radius 2 is 2.16 bits per heavy atom. The molecular formula is C14H22N4O. The first-order valence-electron chi connectivity index (χ1n) is 6.95. The van der Waals surface area contributed by atoms with Gasteiger partial charge in [-0.1, -0.05) is 6.07 Å². The van der Waals surface area contributed by atoms with Crippen molar-refractivity contribution < 1.29 is 4.79 Å². The highest BCUT2D eigenvalue weighted by Crippen LogP contribution is 2.07. The molecule has 0 atom stereocenters. The SMILES string of the molecule is CNc1cccc(C(=O)NCCCN2CCCC2)n1. The van der Waals surface area contributed by atoms with Gasteiger partial charge in [0.25, 0.3) is 5.91 Å². The van der Waals surface area contributed by atoms with Crippen LogP contribution in [0.5, 0.6) is 0 Å². The molecule has 2 rings (SSSR count). The molecule has 0 spiro atoms. The van der Waals surface area contributed by atoms with E-state index < -0.39 is 0 Å². The highest BCUT2D eigenvalue weighted by molar-refractivity contribution is 5.92. The highest BCUT2D eigenvalue weighted by Gasteiger charge is 2.11. The molecular weight excluding hydrogens is 240 g/mol. The van der Waals surface area contributed by atoms with Gasteiger partial charge in [-0.05, 0) is 51.0 Å². The number of hydrogen-bond donors (Lipinski definition) is 2. The third-order valence-corrected chi connectivity index (χ3v) is 3.37. The maximum atomic E-state index is 11.9. The standard InChI is InChI=1S/C14H22N4O/c1-15-13-7-4-6-12(17-13)14(19)16-8-5-11-18-9-2-3-10-18/h4,6-7H,2-3,5,8-11H2,1H3,(H,15,17)(H,16,19). The van der Waals surface area contributed by atoms with Gasteiger partial charge in [0, 0.05) is 13.6 Å². The predicted octanol–water partition coefficient (Wildman–Crippen LogP) is 1.34. The summed E-state index contributed by atoms with van der Waals surface area (Å²) in [7, 11) is 1.79. The number of anilines is 1. The van der Waals surface area contributed by atoms with Gasteiger partial charge in [0.05, 0.1) is 0 Å². The number of rotatable bonds is 6. The number of aromatic nitrogens is 1. The molecule has 0 radical (unpaired) electrons. The molecule has 19 heavy (non-hydrogen) atoms. The minimum Gasteiger partial charge on any atom is -0.373 e. The van der Waals surface area contributed by atoms with Gasteiger partial charge < -0.3 is 15.5 Å². The van der Waals surface area contributed by atoms with E-state index in [1.807, 2.05) is 12.1 Å². The monoisotopic (exact) mass is 262 g/mol. The molecule has 1 aromatic heterocycles. The van der Waals surface area contributed by atoms with E-state index in [-0.39, 0.29) is 5.91 Å². The molecule has 2 N–H and O–H groups in total. The molecule has 0 unspecified atom stereocenters. The van der Waals surface area contributed by atoms with Crippen LogP contribution in [0.25, 0.3) is 0 Å². The van der Waals surface area contributed by atoms with Gasteiger partial charge in [0.15, 0.2) is 0 Å². The Kier molecular flexibility index (Phi) is 5.15. The summed E-state index contributed by atoms with van der Waals surface area (Å²) in [6, 6.07) is 5.40. The minimum absolute atomic E-state index is 0.0986. The number of carbonyl (C=O) groups is 1. The average Bonchev–Trinajstić information content (AvgIpc) is 2.96. The van der Waals surface area contributed by atoms with Gasteiger partial charge in [-0.2, -0.15) is 0 Å². The third-order valence-electron chi connectivity index (χ3n) is 3.37. The fourth-order valence-corrected chi connectivity index (χ4v) is 2.30. The fourth-order valence-electron chi connectivity index (χ4n) is 2.30. The van der Waals surface area contributed by atoms with E-state index in [0.717, 1.165) is 13.0 Å². The molecule has 1 aliphatic rings. The lowest BCUT2D eigenvalue weighted by Crippen LogP contribution is -2.29. The van der Waals surface area contributed by atoms with E-state index in [2.05, 4.69) is 20.5 Å². The van der Waals surface area contributed by atoms with Gasteiger partial charge in [0.1, 0.15) is 11.5 Å². The zero-order valence-electron chi connectivity index (χ0n) is 11.5. The Morgan fingerprint density at radius 3 is 2.89 bits per heavy atom. The molecule has 2 heterocycles. The number of pyridine rings is 1. The molecule has 104 valence electrons. The summed E-state index contributed by atoms with van der Waals surface area (Å²) >= 11 is 0. The number of amides is 1.